The lowest BCUT2D eigenvalue weighted by Crippen LogP contribution is -2.57. The average Bonchev–Trinajstić information content (AvgIpc) is 2.87. The van der Waals surface area contributed by atoms with Crippen molar-refractivity contribution in [3.63, 3.8) is 0 Å². The minimum absolute atomic E-state index is 0.00121. The predicted molar refractivity (Wildman–Crippen MR) is 142 cm³/mol. The van der Waals surface area contributed by atoms with Gasteiger partial charge in [-0.3, -0.25) is 14.4 Å². The fraction of sp³-hybridized carbons (Fsp3) is 0.483. The number of methoxy groups -OCH3 is 1. The Bertz CT molecular complexity index is 1170. The van der Waals surface area contributed by atoms with Crippen LogP contribution in [0, 0.1) is 11.6 Å². The van der Waals surface area contributed by atoms with Crippen molar-refractivity contribution in [2.24, 2.45) is 0 Å². The molecule has 1 saturated heterocycles. The minimum atomic E-state index is -1.14. The first-order chi connectivity index (χ1) is 18.4. The second-order valence-corrected chi connectivity index (χ2v) is 10.4. The van der Waals surface area contributed by atoms with Gasteiger partial charge in [-0.2, -0.15) is 0 Å². The Morgan fingerprint density at radius 1 is 1.15 bits per heavy atom. The molecule has 2 aromatic carbocycles. The van der Waals surface area contributed by atoms with Crippen molar-refractivity contribution in [2.75, 3.05) is 26.7 Å². The Morgan fingerprint density at radius 2 is 1.85 bits per heavy atom. The summed E-state index contributed by atoms with van der Waals surface area (Å²) in [4.78, 5) is 38.3. The van der Waals surface area contributed by atoms with E-state index < -0.39 is 41.2 Å². The second-order valence-electron chi connectivity index (χ2n) is 10.4. The highest BCUT2D eigenvalue weighted by Gasteiger charge is 2.41. The number of halogens is 2. The molecule has 1 fully saturated rings. The fourth-order valence-electron chi connectivity index (χ4n) is 4.96. The number of aliphatic hydroxyl groups excluding tert-OH is 1. The van der Waals surface area contributed by atoms with Gasteiger partial charge in [-0.15, -0.1) is 0 Å². The molecule has 0 saturated carbocycles. The molecule has 212 valence electrons. The Hall–Kier alpha value is -3.37. The highest BCUT2D eigenvalue weighted by atomic mass is 19.1. The predicted octanol–water partition coefficient (Wildman–Crippen LogP) is 2.78. The molecule has 3 rings (SSSR count). The van der Waals surface area contributed by atoms with Gasteiger partial charge in [0.2, 0.25) is 11.8 Å². The molecule has 0 aromatic heterocycles. The van der Waals surface area contributed by atoms with Crippen molar-refractivity contribution in [1.82, 2.24) is 15.5 Å². The van der Waals surface area contributed by atoms with Crippen LogP contribution in [0.25, 0.3) is 0 Å². The van der Waals surface area contributed by atoms with Crippen LogP contribution in [0.5, 0.6) is 0 Å². The van der Waals surface area contributed by atoms with Gasteiger partial charge in [-0.05, 0) is 47.6 Å². The first kappa shape index (κ1) is 30.2. The molecule has 2 aromatic rings. The van der Waals surface area contributed by atoms with E-state index in [-0.39, 0.29) is 43.3 Å². The molecule has 1 aliphatic heterocycles. The van der Waals surface area contributed by atoms with Crippen LogP contribution in [0.3, 0.4) is 0 Å². The zero-order chi connectivity index (χ0) is 28.7. The number of esters is 1. The Balaban J connectivity index is 1.86. The van der Waals surface area contributed by atoms with Crippen LogP contribution in [0.2, 0.25) is 0 Å². The van der Waals surface area contributed by atoms with Crippen LogP contribution in [0.4, 0.5) is 8.78 Å². The quantitative estimate of drug-likeness (QED) is 0.375. The number of rotatable bonds is 11. The van der Waals surface area contributed by atoms with E-state index in [9.17, 15) is 28.3 Å². The summed E-state index contributed by atoms with van der Waals surface area (Å²) in [5.41, 5.74) is 1.40. The molecule has 0 bridgehead atoms. The van der Waals surface area contributed by atoms with Gasteiger partial charge in [0.1, 0.15) is 18.2 Å². The third-order valence-electron chi connectivity index (χ3n) is 7.15. The van der Waals surface area contributed by atoms with E-state index in [1.54, 1.807) is 0 Å². The van der Waals surface area contributed by atoms with Gasteiger partial charge < -0.3 is 25.4 Å². The third kappa shape index (κ3) is 8.06. The number of carbonyl (C=O) groups excluding carboxylic acids is 3. The number of amides is 2. The number of hydrogen-bond acceptors (Lipinski definition) is 6. The maximum absolute atomic E-state index is 13.8. The van der Waals surface area contributed by atoms with Gasteiger partial charge in [0.25, 0.3) is 0 Å². The molecule has 8 nitrogen and oxygen atoms in total. The number of carbonyl (C=O) groups is 3. The van der Waals surface area contributed by atoms with E-state index in [1.165, 1.54) is 18.9 Å². The number of nitrogens with one attached hydrogen (secondary N) is 2. The van der Waals surface area contributed by atoms with Crippen LogP contribution in [-0.4, -0.2) is 66.7 Å². The normalized spacial score (nSPS) is 19.1. The fourth-order valence-corrected chi connectivity index (χ4v) is 4.96. The van der Waals surface area contributed by atoms with Crippen molar-refractivity contribution >= 4 is 17.8 Å². The molecule has 1 heterocycles. The van der Waals surface area contributed by atoms with Crippen molar-refractivity contribution in [3.05, 3.63) is 70.8 Å². The molecule has 1 aliphatic rings. The average molecular weight is 546 g/mol. The van der Waals surface area contributed by atoms with E-state index in [0.29, 0.717) is 13.0 Å². The van der Waals surface area contributed by atoms with Gasteiger partial charge >= 0.3 is 5.97 Å². The van der Waals surface area contributed by atoms with Crippen LogP contribution >= 0.6 is 0 Å². The summed E-state index contributed by atoms with van der Waals surface area (Å²) in [6.45, 7) is 5.57. The molecular formula is C29H37F2N3O5. The summed E-state index contributed by atoms with van der Waals surface area (Å²) in [6.07, 6.45) is -0.644. The lowest BCUT2D eigenvalue weighted by atomic mass is 9.79. The van der Waals surface area contributed by atoms with E-state index in [0.717, 1.165) is 29.3 Å². The van der Waals surface area contributed by atoms with Gasteiger partial charge in [-0.1, -0.05) is 38.1 Å². The van der Waals surface area contributed by atoms with E-state index >= 15 is 0 Å². The van der Waals surface area contributed by atoms with E-state index in [4.69, 9.17) is 4.74 Å². The highest BCUT2D eigenvalue weighted by Crippen LogP contribution is 2.35. The number of hydrogen-bond donors (Lipinski definition) is 3. The molecular weight excluding hydrogens is 508 g/mol. The Morgan fingerprint density at radius 3 is 2.44 bits per heavy atom. The zero-order valence-corrected chi connectivity index (χ0v) is 22.8. The van der Waals surface area contributed by atoms with Crippen LogP contribution in [-0.2, 0) is 31.1 Å². The molecule has 0 aliphatic carbocycles. The monoisotopic (exact) mass is 545 g/mol. The lowest BCUT2D eigenvalue weighted by Gasteiger charge is -2.43. The van der Waals surface area contributed by atoms with Crippen LogP contribution in [0.15, 0.2) is 42.5 Å². The highest BCUT2D eigenvalue weighted by molar-refractivity contribution is 5.83. The molecule has 3 atom stereocenters. The SMILES string of the molecule is COC(=O)CN1CCC(NC[C@@H](O)C(Cc2cc(F)cc(F)c2)NC(C)=O)(c2cccc(C(C)C)c2)CC1=O. The molecule has 3 N–H and O–H groups in total. The summed E-state index contributed by atoms with van der Waals surface area (Å²) in [5.74, 6) is -2.40. The topological polar surface area (TPSA) is 108 Å². The van der Waals surface area contributed by atoms with Gasteiger partial charge in [-0.25, -0.2) is 8.78 Å². The number of likely N-dealkylation sites (tertiary alicyclic amines) is 1. The minimum Gasteiger partial charge on any atom is -0.468 e. The maximum Gasteiger partial charge on any atom is 0.325 e. The largest absolute Gasteiger partial charge is 0.468 e. The van der Waals surface area contributed by atoms with Crippen LogP contribution in [0.1, 0.15) is 56.2 Å². The molecule has 39 heavy (non-hydrogen) atoms. The second kappa shape index (κ2) is 13.1. The van der Waals surface area contributed by atoms with Crippen molar-refractivity contribution in [3.8, 4) is 0 Å². The number of nitrogens with zero attached hydrogens (tertiary/aromatic N) is 1. The smallest absolute Gasteiger partial charge is 0.325 e. The number of benzene rings is 2. The number of ether oxygens (including phenoxy) is 1. The molecule has 0 spiro atoms. The van der Waals surface area contributed by atoms with Crippen molar-refractivity contribution in [1.29, 1.82) is 0 Å². The van der Waals surface area contributed by atoms with Crippen LogP contribution < -0.4 is 10.6 Å². The summed E-state index contributed by atoms with van der Waals surface area (Å²) in [7, 11) is 1.27. The molecule has 2 amide bonds. The third-order valence-corrected chi connectivity index (χ3v) is 7.15. The van der Waals surface area contributed by atoms with Gasteiger partial charge in [0.15, 0.2) is 0 Å². The Kier molecular flexibility index (Phi) is 10.2. The van der Waals surface area contributed by atoms with Crippen molar-refractivity contribution < 1.29 is 33.0 Å². The molecule has 10 heteroatoms. The zero-order valence-electron chi connectivity index (χ0n) is 22.8. The molecule has 0 radical (unpaired) electrons. The number of aliphatic hydroxyl groups is 1. The van der Waals surface area contributed by atoms with E-state index in [1.807, 2.05) is 24.3 Å². The first-order valence-corrected chi connectivity index (χ1v) is 13.0. The van der Waals surface area contributed by atoms with Gasteiger partial charge in [0.05, 0.1) is 24.8 Å². The summed E-state index contributed by atoms with van der Waals surface area (Å²) >= 11 is 0. The summed E-state index contributed by atoms with van der Waals surface area (Å²) in [5, 5.41) is 17.2. The first-order valence-electron chi connectivity index (χ1n) is 13.0. The Labute approximate surface area is 227 Å². The summed E-state index contributed by atoms with van der Waals surface area (Å²) < 4.78 is 32.2. The lowest BCUT2D eigenvalue weighted by molar-refractivity contribution is -0.149. The summed E-state index contributed by atoms with van der Waals surface area (Å²) in [6, 6.07) is 10.1. The maximum atomic E-state index is 13.8. The standard InChI is InChI=1S/C29H37F2N3O5/c1-18(2)21-6-5-7-22(13-21)29(8-9-34(27(37)15-29)17-28(38)39-4)32-16-26(36)25(33-19(3)35)12-20-10-23(30)14-24(31)11-20/h5-7,10-11,13-14,18,25-26,32,36H,8-9,12,15-17H2,1-4H3,(H,33,35)/t25?,26-,29?/m1/s1. The number of piperidine rings is 1. The van der Waals surface area contributed by atoms with Gasteiger partial charge in [0, 0.05) is 32.5 Å². The van der Waals surface area contributed by atoms with E-state index in [2.05, 4.69) is 24.5 Å². The molecule has 2 unspecified atom stereocenters. The van der Waals surface area contributed by atoms with Crippen molar-refractivity contribution in [2.45, 2.75) is 63.6 Å².